The van der Waals surface area contributed by atoms with E-state index in [1.54, 1.807) is 13.3 Å². The Morgan fingerprint density at radius 2 is 1.71 bits per heavy atom. The molecule has 3 nitrogen and oxygen atoms in total. The molecule has 1 heterocycles. The van der Waals surface area contributed by atoms with Gasteiger partial charge in [-0.25, -0.2) is 4.98 Å². The third-order valence-corrected chi connectivity index (χ3v) is 3.90. The van der Waals surface area contributed by atoms with Crippen molar-refractivity contribution in [1.29, 1.82) is 0 Å². The first-order chi connectivity index (χ1) is 10.1. The van der Waals surface area contributed by atoms with Gasteiger partial charge in [0.25, 0.3) is 0 Å². The molecule has 0 saturated carbocycles. The van der Waals surface area contributed by atoms with Crippen LogP contribution in [-0.4, -0.2) is 17.7 Å². The first-order valence-corrected chi connectivity index (χ1v) is 8.32. The van der Waals surface area contributed by atoms with E-state index in [1.807, 2.05) is 12.1 Å². The van der Waals surface area contributed by atoms with Gasteiger partial charge in [0.15, 0.2) is 0 Å². The Hall–Kier alpha value is -1.25. The molecule has 0 fully saturated rings. The van der Waals surface area contributed by atoms with Gasteiger partial charge >= 0.3 is 0 Å². The van der Waals surface area contributed by atoms with E-state index in [4.69, 9.17) is 9.47 Å². The highest BCUT2D eigenvalue weighted by atomic mass is 16.5. The van der Waals surface area contributed by atoms with Crippen molar-refractivity contribution in [1.82, 2.24) is 4.98 Å². The second-order valence-corrected chi connectivity index (χ2v) is 6.00. The lowest BCUT2D eigenvalue weighted by atomic mass is 9.92. The molecule has 0 spiro atoms. The van der Waals surface area contributed by atoms with Crippen LogP contribution in [0.1, 0.15) is 72.1 Å². The zero-order chi connectivity index (χ0) is 15.6. The van der Waals surface area contributed by atoms with Crippen LogP contribution in [-0.2, 0) is 0 Å². The van der Waals surface area contributed by atoms with Crippen LogP contribution in [0.15, 0.2) is 18.3 Å². The summed E-state index contributed by atoms with van der Waals surface area (Å²) in [6.07, 6.45) is 11.5. The zero-order valence-electron chi connectivity index (χ0n) is 14.2. The highest BCUT2D eigenvalue weighted by Crippen LogP contribution is 2.28. The number of aromatic nitrogens is 1. The molecule has 0 radical (unpaired) electrons. The molecule has 1 aromatic rings. The highest BCUT2D eigenvalue weighted by Gasteiger charge is 2.25. The van der Waals surface area contributed by atoms with E-state index in [1.165, 1.54) is 38.5 Å². The van der Waals surface area contributed by atoms with Crippen LogP contribution >= 0.6 is 0 Å². The molecule has 0 aromatic carbocycles. The maximum atomic E-state index is 6.27. The van der Waals surface area contributed by atoms with Crippen molar-refractivity contribution in [3.63, 3.8) is 0 Å². The molecule has 0 saturated heterocycles. The molecule has 0 bridgehead atoms. The lowest BCUT2D eigenvalue weighted by molar-refractivity contribution is 0.0637. The fourth-order valence-corrected chi connectivity index (χ4v) is 2.54. The van der Waals surface area contributed by atoms with Crippen molar-refractivity contribution in [2.24, 2.45) is 0 Å². The smallest absolute Gasteiger partial charge is 0.213 e. The van der Waals surface area contributed by atoms with Crippen LogP contribution in [0.2, 0.25) is 0 Å². The molecule has 1 rings (SSSR count). The minimum atomic E-state index is -0.0833. The van der Waals surface area contributed by atoms with E-state index in [-0.39, 0.29) is 5.60 Å². The number of rotatable bonds is 11. The number of methoxy groups -OCH3 is 1. The molecule has 1 atom stereocenters. The normalized spacial score (nSPS) is 13.7. The predicted octanol–water partition coefficient (Wildman–Crippen LogP) is 5.39. The molecule has 21 heavy (non-hydrogen) atoms. The molecular weight excluding hydrogens is 262 g/mol. The van der Waals surface area contributed by atoms with Crippen LogP contribution in [0.25, 0.3) is 0 Å². The Balaban J connectivity index is 2.61. The first kappa shape index (κ1) is 17.8. The number of hydrogen-bond donors (Lipinski definition) is 0. The van der Waals surface area contributed by atoms with Gasteiger partial charge in [-0.2, -0.15) is 0 Å². The molecule has 120 valence electrons. The molecular formula is C18H31NO2. The van der Waals surface area contributed by atoms with Gasteiger partial charge in [-0.1, -0.05) is 39.5 Å². The lowest BCUT2D eigenvalue weighted by Gasteiger charge is -2.31. The van der Waals surface area contributed by atoms with Crippen LogP contribution < -0.4 is 9.47 Å². The van der Waals surface area contributed by atoms with Gasteiger partial charge in [0.2, 0.25) is 5.88 Å². The second kappa shape index (κ2) is 9.64. The zero-order valence-corrected chi connectivity index (χ0v) is 14.2. The summed E-state index contributed by atoms with van der Waals surface area (Å²) in [4.78, 5) is 4.22. The van der Waals surface area contributed by atoms with E-state index in [0.29, 0.717) is 5.88 Å². The number of pyridine rings is 1. The third kappa shape index (κ3) is 6.83. The summed E-state index contributed by atoms with van der Waals surface area (Å²) < 4.78 is 11.4. The topological polar surface area (TPSA) is 31.4 Å². The average Bonchev–Trinajstić information content (AvgIpc) is 2.50. The Morgan fingerprint density at radius 3 is 2.29 bits per heavy atom. The van der Waals surface area contributed by atoms with Gasteiger partial charge in [-0.05, 0) is 38.7 Å². The lowest BCUT2D eigenvalue weighted by Crippen LogP contribution is -2.32. The summed E-state index contributed by atoms with van der Waals surface area (Å²) in [5.74, 6) is 1.46. The fraction of sp³-hybridized carbons (Fsp3) is 0.722. The van der Waals surface area contributed by atoms with Crippen molar-refractivity contribution in [2.45, 2.75) is 77.7 Å². The fourth-order valence-electron chi connectivity index (χ4n) is 2.54. The second-order valence-electron chi connectivity index (χ2n) is 6.00. The molecule has 0 aliphatic rings. The van der Waals surface area contributed by atoms with Crippen molar-refractivity contribution >= 4 is 0 Å². The van der Waals surface area contributed by atoms with Gasteiger partial charge in [0, 0.05) is 6.07 Å². The van der Waals surface area contributed by atoms with Crippen LogP contribution in [0.5, 0.6) is 11.6 Å². The van der Waals surface area contributed by atoms with Crippen LogP contribution in [0, 0.1) is 0 Å². The third-order valence-electron chi connectivity index (χ3n) is 3.90. The predicted molar refractivity (Wildman–Crippen MR) is 88.1 cm³/mol. The van der Waals surface area contributed by atoms with E-state index >= 15 is 0 Å². The maximum absolute atomic E-state index is 6.27. The number of nitrogens with zero attached hydrogens (tertiary/aromatic N) is 1. The summed E-state index contributed by atoms with van der Waals surface area (Å²) in [7, 11) is 1.63. The number of hydrogen-bond acceptors (Lipinski definition) is 3. The molecule has 3 heteroatoms. The number of unbranched alkanes of at least 4 members (excludes halogenated alkanes) is 4. The quantitative estimate of drug-likeness (QED) is 0.513. The van der Waals surface area contributed by atoms with E-state index < -0.39 is 0 Å². The Bertz CT molecular complexity index is 377. The van der Waals surface area contributed by atoms with Crippen molar-refractivity contribution < 1.29 is 9.47 Å². The van der Waals surface area contributed by atoms with Crippen molar-refractivity contribution in [2.75, 3.05) is 7.11 Å². The van der Waals surface area contributed by atoms with Crippen LogP contribution in [0.4, 0.5) is 0 Å². The van der Waals surface area contributed by atoms with Crippen LogP contribution in [0.3, 0.4) is 0 Å². The van der Waals surface area contributed by atoms with Gasteiger partial charge in [-0.15, -0.1) is 0 Å². The van der Waals surface area contributed by atoms with Gasteiger partial charge < -0.3 is 9.47 Å². The molecule has 1 unspecified atom stereocenters. The van der Waals surface area contributed by atoms with Crippen molar-refractivity contribution in [3.05, 3.63) is 18.3 Å². The monoisotopic (exact) mass is 293 g/mol. The van der Waals surface area contributed by atoms with Gasteiger partial charge in [0.05, 0.1) is 13.3 Å². The van der Waals surface area contributed by atoms with E-state index in [9.17, 15) is 0 Å². The summed E-state index contributed by atoms with van der Waals surface area (Å²) in [5, 5.41) is 0. The Labute approximate surface area is 130 Å². The largest absolute Gasteiger partial charge is 0.486 e. The van der Waals surface area contributed by atoms with Gasteiger partial charge in [0.1, 0.15) is 11.4 Å². The van der Waals surface area contributed by atoms with E-state index in [0.717, 1.165) is 18.6 Å². The SMILES string of the molecule is CCCCCCC(C)(CCCC)Oc1ccc(OC)nc1. The van der Waals surface area contributed by atoms with Crippen molar-refractivity contribution in [3.8, 4) is 11.6 Å². The minimum Gasteiger partial charge on any atom is -0.486 e. The Morgan fingerprint density at radius 1 is 1.00 bits per heavy atom. The summed E-state index contributed by atoms with van der Waals surface area (Å²) in [6, 6.07) is 3.80. The summed E-state index contributed by atoms with van der Waals surface area (Å²) in [5.41, 5.74) is -0.0833. The standard InChI is InChI=1S/C18H31NO2/c1-5-7-9-10-14-18(3,13-8-6-2)21-16-11-12-17(20-4)19-15-16/h11-12,15H,5-10,13-14H2,1-4H3. The van der Waals surface area contributed by atoms with Gasteiger partial charge in [-0.3, -0.25) is 0 Å². The summed E-state index contributed by atoms with van der Waals surface area (Å²) in [6.45, 7) is 6.71. The molecule has 0 aliphatic carbocycles. The van der Waals surface area contributed by atoms with E-state index in [2.05, 4.69) is 25.8 Å². The molecule has 0 N–H and O–H groups in total. The summed E-state index contributed by atoms with van der Waals surface area (Å²) >= 11 is 0. The number of ether oxygens (including phenoxy) is 2. The minimum absolute atomic E-state index is 0.0833. The highest BCUT2D eigenvalue weighted by molar-refractivity contribution is 5.23. The first-order valence-electron chi connectivity index (χ1n) is 8.32. The average molecular weight is 293 g/mol. The molecule has 0 aliphatic heterocycles. The molecule has 1 aromatic heterocycles. The maximum Gasteiger partial charge on any atom is 0.213 e. The molecule has 0 amide bonds. The Kier molecular flexibility index (Phi) is 8.17.